The summed E-state index contributed by atoms with van der Waals surface area (Å²) in [6.45, 7) is 1.84. The lowest BCUT2D eigenvalue weighted by Gasteiger charge is -2.10. The van der Waals surface area contributed by atoms with E-state index < -0.39 is 0 Å². The zero-order valence-electron chi connectivity index (χ0n) is 8.29. The van der Waals surface area contributed by atoms with Crippen molar-refractivity contribution >= 4 is 18.3 Å². The Balaban J connectivity index is 0.00000169. The Morgan fingerprint density at radius 1 is 1.50 bits per heavy atom. The molecule has 0 unspecified atom stereocenters. The first kappa shape index (κ1) is 13.7. The molecule has 3 N–H and O–H groups in total. The molecule has 0 saturated carbocycles. The minimum Gasteiger partial charge on any atom is -0.396 e. The molecule has 1 amide bonds. The molecular weight excluding hydrogens is 204 g/mol. The van der Waals surface area contributed by atoms with Gasteiger partial charge in [-0.05, 0) is 32.2 Å². The first-order valence-electron chi connectivity index (χ1n) is 4.96. The van der Waals surface area contributed by atoms with E-state index in [-0.39, 0.29) is 31.0 Å². The Morgan fingerprint density at radius 3 is 2.86 bits per heavy atom. The van der Waals surface area contributed by atoms with Gasteiger partial charge < -0.3 is 15.7 Å². The molecule has 1 fully saturated rings. The number of aliphatic hydroxyl groups excluding tert-OH is 1. The second-order valence-electron chi connectivity index (χ2n) is 3.37. The van der Waals surface area contributed by atoms with E-state index >= 15 is 0 Å². The fourth-order valence-electron chi connectivity index (χ4n) is 1.48. The lowest BCUT2D eigenvalue weighted by atomic mass is 10.2. The lowest BCUT2D eigenvalue weighted by molar-refractivity contribution is -0.122. The topological polar surface area (TPSA) is 61.4 Å². The van der Waals surface area contributed by atoms with E-state index in [4.69, 9.17) is 5.11 Å². The highest BCUT2D eigenvalue weighted by Gasteiger charge is 2.20. The van der Waals surface area contributed by atoms with Crippen molar-refractivity contribution in [3.8, 4) is 0 Å². The van der Waals surface area contributed by atoms with Gasteiger partial charge in [-0.3, -0.25) is 4.79 Å². The summed E-state index contributed by atoms with van der Waals surface area (Å²) in [4.78, 5) is 11.4. The third-order valence-electron chi connectivity index (χ3n) is 2.26. The molecule has 0 spiro atoms. The van der Waals surface area contributed by atoms with Crippen LogP contribution in [0.25, 0.3) is 0 Å². The van der Waals surface area contributed by atoms with E-state index in [0.717, 1.165) is 32.2 Å². The number of aliphatic hydroxyl groups is 1. The molecule has 4 nitrogen and oxygen atoms in total. The van der Waals surface area contributed by atoms with Gasteiger partial charge in [0, 0.05) is 13.2 Å². The summed E-state index contributed by atoms with van der Waals surface area (Å²) >= 11 is 0. The molecule has 0 aromatic rings. The number of hydrogen-bond acceptors (Lipinski definition) is 3. The fourth-order valence-corrected chi connectivity index (χ4v) is 1.48. The molecule has 1 rings (SSSR count). The van der Waals surface area contributed by atoms with Crippen LogP contribution in [0.2, 0.25) is 0 Å². The van der Waals surface area contributed by atoms with E-state index in [9.17, 15) is 4.79 Å². The molecule has 14 heavy (non-hydrogen) atoms. The molecule has 1 aliphatic rings. The predicted molar refractivity (Wildman–Crippen MR) is 57.6 cm³/mol. The Hall–Kier alpha value is -0.320. The number of nitrogens with one attached hydrogen (secondary N) is 2. The maximum atomic E-state index is 11.4. The third kappa shape index (κ3) is 4.79. The van der Waals surface area contributed by atoms with E-state index in [1.165, 1.54) is 0 Å². The second kappa shape index (κ2) is 8.03. The molecule has 0 aromatic carbocycles. The highest BCUT2D eigenvalue weighted by atomic mass is 35.5. The van der Waals surface area contributed by atoms with Crippen molar-refractivity contribution in [1.82, 2.24) is 10.6 Å². The summed E-state index contributed by atoms with van der Waals surface area (Å²) in [7, 11) is 0. The number of carbonyl (C=O) groups is 1. The minimum absolute atomic E-state index is 0. The molecule has 0 aliphatic carbocycles. The van der Waals surface area contributed by atoms with Gasteiger partial charge in [-0.2, -0.15) is 0 Å². The van der Waals surface area contributed by atoms with Crippen LogP contribution in [0.1, 0.15) is 25.7 Å². The van der Waals surface area contributed by atoms with E-state index in [1.807, 2.05) is 0 Å². The van der Waals surface area contributed by atoms with Crippen LogP contribution in [0.15, 0.2) is 0 Å². The Labute approximate surface area is 90.9 Å². The Bertz CT molecular complexity index is 161. The lowest BCUT2D eigenvalue weighted by Crippen LogP contribution is -2.40. The molecule has 0 bridgehead atoms. The van der Waals surface area contributed by atoms with Gasteiger partial charge in [-0.1, -0.05) is 0 Å². The molecule has 1 heterocycles. The molecule has 84 valence electrons. The van der Waals surface area contributed by atoms with Crippen LogP contribution in [-0.4, -0.2) is 36.8 Å². The minimum atomic E-state index is 0. The summed E-state index contributed by atoms with van der Waals surface area (Å²) in [5.41, 5.74) is 0. The van der Waals surface area contributed by atoms with Crippen LogP contribution in [-0.2, 0) is 4.79 Å². The maximum absolute atomic E-state index is 11.4. The number of carbonyl (C=O) groups excluding carboxylic acids is 1. The van der Waals surface area contributed by atoms with Crippen molar-refractivity contribution in [2.75, 3.05) is 19.7 Å². The van der Waals surface area contributed by atoms with E-state index in [2.05, 4.69) is 10.6 Å². The van der Waals surface area contributed by atoms with Crippen LogP contribution in [0, 0.1) is 0 Å². The summed E-state index contributed by atoms with van der Waals surface area (Å²) in [6.07, 6.45) is 3.66. The van der Waals surface area contributed by atoms with Crippen molar-refractivity contribution in [2.24, 2.45) is 0 Å². The van der Waals surface area contributed by atoms with Crippen LogP contribution in [0.4, 0.5) is 0 Å². The molecule has 5 heteroatoms. The van der Waals surface area contributed by atoms with Crippen molar-refractivity contribution in [1.29, 1.82) is 0 Å². The van der Waals surface area contributed by atoms with Crippen LogP contribution in [0.5, 0.6) is 0 Å². The second-order valence-corrected chi connectivity index (χ2v) is 3.37. The molecule has 0 aromatic heterocycles. The van der Waals surface area contributed by atoms with Gasteiger partial charge in [-0.15, -0.1) is 12.4 Å². The van der Waals surface area contributed by atoms with Gasteiger partial charge in [0.1, 0.15) is 0 Å². The summed E-state index contributed by atoms with van der Waals surface area (Å²) in [5, 5.41) is 14.5. The van der Waals surface area contributed by atoms with Gasteiger partial charge in [0.15, 0.2) is 0 Å². The monoisotopic (exact) mass is 222 g/mol. The normalized spacial score (nSPS) is 20.2. The SMILES string of the molecule is Cl.O=C(NCCCCO)[C@@H]1CCCN1. The molecule has 1 saturated heterocycles. The maximum Gasteiger partial charge on any atom is 0.237 e. The molecule has 0 radical (unpaired) electrons. The quantitative estimate of drug-likeness (QED) is 0.576. The zero-order valence-corrected chi connectivity index (χ0v) is 9.11. The average Bonchev–Trinajstić information content (AvgIpc) is 2.65. The van der Waals surface area contributed by atoms with Crippen molar-refractivity contribution in [3.63, 3.8) is 0 Å². The van der Waals surface area contributed by atoms with Crippen LogP contribution in [0.3, 0.4) is 0 Å². The number of amides is 1. The van der Waals surface area contributed by atoms with Gasteiger partial charge in [0.25, 0.3) is 0 Å². The summed E-state index contributed by atoms with van der Waals surface area (Å²) < 4.78 is 0. The number of unbranched alkanes of at least 4 members (excludes halogenated alkanes) is 1. The first-order valence-corrected chi connectivity index (χ1v) is 4.96. The third-order valence-corrected chi connectivity index (χ3v) is 2.26. The standard InChI is InChI=1S/C9H18N2O2.ClH/c12-7-2-1-5-11-9(13)8-4-3-6-10-8;/h8,10,12H,1-7H2,(H,11,13);1H/t8-;/m0./s1. The van der Waals surface area contributed by atoms with Crippen molar-refractivity contribution < 1.29 is 9.90 Å². The number of hydrogen-bond donors (Lipinski definition) is 3. The molecular formula is C9H19ClN2O2. The first-order chi connectivity index (χ1) is 6.34. The molecule has 1 aliphatic heterocycles. The zero-order chi connectivity index (χ0) is 9.52. The van der Waals surface area contributed by atoms with Crippen LogP contribution >= 0.6 is 12.4 Å². The highest BCUT2D eigenvalue weighted by Crippen LogP contribution is 2.04. The van der Waals surface area contributed by atoms with E-state index in [0.29, 0.717) is 6.54 Å². The summed E-state index contributed by atoms with van der Waals surface area (Å²) in [5.74, 6) is 0.107. The Morgan fingerprint density at radius 2 is 2.29 bits per heavy atom. The van der Waals surface area contributed by atoms with Crippen molar-refractivity contribution in [2.45, 2.75) is 31.7 Å². The van der Waals surface area contributed by atoms with Crippen molar-refractivity contribution in [3.05, 3.63) is 0 Å². The largest absolute Gasteiger partial charge is 0.396 e. The highest BCUT2D eigenvalue weighted by molar-refractivity contribution is 5.85. The van der Waals surface area contributed by atoms with Gasteiger partial charge in [0.2, 0.25) is 5.91 Å². The summed E-state index contributed by atoms with van der Waals surface area (Å²) in [6, 6.07) is 0.0223. The number of halogens is 1. The Kier molecular flexibility index (Phi) is 7.84. The van der Waals surface area contributed by atoms with Gasteiger partial charge in [-0.25, -0.2) is 0 Å². The molecule has 1 atom stereocenters. The van der Waals surface area contributed by atoms with Gasteiger partial charge in [0.05, 0.1) is 6.04 Å². The van der Waals surface area contributed by atoms with Crippen LogP contribution < -0.4 is 10.6 Å². The smallest absolute Gasteiger partial charge is 0.237 e. The van der Waals surface area contributed by atoms with E-state index in [1.54, 1.807) is 0 Å². The van der Waals surface area contributed by atoms with Gasteiger partial charge >= 0.3 is 0 Å². The fraction of sp³-hybridized carbons (Fsp3) is 0.889. The average molecular weight is 223 g/mol. The number of rotatable bonds is 5. The predicted octanol–water partition coefficient (Wildman–Crippen LogP) is 0.0489.